The van der Waals surface area contributed by atoms with Crippen molar-refractivity contribution < 1.29 is 27.8 Å². The van der Waals surface area contributed by atoms with E-state index >= 15 is 0 Å². The SMILES string of the molecule is Cc1ccc(CCNC(=O)c2cc(Cl)ncc2Oc2ccc3c(c2)OC(F)(F)O3)c(C)c1. The summed E-state index contributed by atoms with van der Waals surface area (Å²) in [5.41, 5.74) is 3.63. The highest BCUT2D eigenvalue weighted by molar-refractivity contribution is 6.29. The van der Waals surface area contributed by atoms with Crippen LogP contribution in [-0.4, -0.2) is 23.7 Å². The molecule has 1 aliphatic rings. The molecule has 1 aromatic heterocycles. The summed E-state index contributed by atoms with van der Waals surface area (Å²) < 4.78 is 41.0. The summed E-state index contributed by atoms with van der Waals surface area (Å²) in [6.07, 6.45) is -1.78. The predicted molar refractivity (Wildman–Crippen MR) is 114 cm³/mol. The summed E-state index contributed by atoms with van der Waals surface area (Å²) >= 11 is 5.97. The van der Waals surface area contributed by atoms with E-state index in [1.165, 1.54) is 36.0 Å². The van der Waals surface area contributed by atoms with Gasteiger partial charge in [0, 0.05) is 12.6 Å². The van der Waals surface area contributed by atoms with E-state index in [1.807, 2.05) is 26.0 Å². The fourth-order valence-corrected chi connectivity index (χ4v) is 3.49. The summed E-state index contributed by atoms with van der Waals surface area (Å²) in [4.78, 5) is 16.7. The normalized spacial score (nSPS) is 13.7. The average molecular weight is 461 g/mol. The Morgan fingerprint density at radius 1 is 1.12 bits per heavy atom. The monoisotopic (exact) mass is 460 g/mol. The van der Waals surface area contributed by atoms with Crippen LogP contribution in [0.2, 0.25) is 5.15 Å². The number of carbonyl (C=O) groups excluding carboxylic acids is 1. The van der Waals surface area contributed by atoms with E-state index in [9.17, 15) is 13.6 Å². The van der Waals surface area contributed by atoms with E-state index < -0.39 is 12.2 Å². The van der Waals surface area contributed by atoms with Crippen molar-refractivity contribution in [1.29, 1.82) is 0 Å². The maximum atomic E-state index is 13.2. The van der Waals surface area contributed by atoms with Crippen LogP contribution in [0.25, 0.3) is 0 Å². The highest BCUT2D eigenvalue weighted by Crippen LogP contribution is 2.43. The van der Waals surface area contributed by atoms with Crippen molar-refractivity contribution in [2.45, 2.75) is 26.6 Å². The molecule has 6 nitrogen and oxygen atoms in total. The number of nitrogens with one attached hydrogen (secondary N) is 1. The number of amides is 1. The second-order valence-electron chi connectivity index (χ2n) is 7.32. The van der Waals surface area contributed by atoms with Crippen LogP contribution in [0.3, 0.4) is 0 Å². The molecule has 0 atom stereocenters. The number of hydrogen-bond donors (Lipinski definition) is 1. The molecular formula is C23H19ClF2N2O4. The summed E-state index contributed by atoms with van der Waals surface area (Å²) in [5, 5.41) is 2.96. The highest BCUT2D eigenvalue weighted by Gasteiger charge is 2.43. The number of nitrogens with zero attached hydrogens (tertiary/aromatic N) is 1. The lowest BCUT2D eigenvalue weighted by molar-refractivity contribution is -0.286. The molecule has 0 saturated carbocycles. The van der Waals surface area contributed by atoms with E-state index in [0.29, 0.717) is 13.0 Å². The molecule has 1 aliphatic heterocycles. The van der Waals surface area contributed by atoms with Crippen LogP contribution in [0.1, 0.15) is 27.0 Å². The van der Waals surface area contributed by atoms with Crippen LogP contribution in [0.5, 0.6) is 23.0 Å². The molecule has 9 heteroatoms. The maximum absolute atomic E-state index is 13.2. The molecule has 1 amide bonds. The molecule has 2 heterocycles. The molecule has 32 heavy (non-hydrogen) atoms. The number of rotatable bonds is 6. The van der Waals surface area contributed by atoms with Gasteiger partial charge in [-0.2, -0.15) is 0 Å². The van der Waals surface area contributed by atoms with Gasteiger partial charge in [-0.05, 0) is 49.6 Å². The van der Waals surface area contributed by atoms with Crippen molar-refractivity contribution in [3.05, 3.63) is 76.1 Å². The van der Waals surface area contributed by atoms with Gasteiger partial charge in [0.1, 0.15) is 10.9 Å². The Bertz CT molecular complexity index is 1190. The second kappa shape index (κ2) is 8.63. The first-order valence-electron chi connectivity index (χ1n) is 9.78. The standard InChI is InChI=1S/C23H19ClF2N2O4/c1-13-3-4-15(14(2)9-13)7-8-27-22(29)17-11-21(24)28-12-20(17)30-16-5-6-18-19(10-16)32-23(25,26)31-18/h3-6,9-12H,7-8H2,1-2H3,(H,27,29). The Morgan fingerprint density at radius 2 is 1.91 bits per heavy atom. The lowest BCUT2D eigenvalue weighted by Gasteiger charge is -2.12. The van der Waals surface area contributed by atoms with Crippen LogP contribution < -0.4 is 19.5 Å². The second-order valence-corrected chi connectivity index (χ2v) is 7.70. The minimum absolute atomic E-state index is 0.110. The minimum Gasteiger partial charge on any atom is -0.455 e. The van der Waals surface area contributed by atoms with E-state index in [4.69, 9.17) is 16.3 Å². The lowest BCUT2D eigenvalue weighted by Crippen LogP contribution is -2.26. The van der Waals surface area contributed by atoms with Crippen LogP contribution in [0.4, 0.5) is 8.78 Å². The number of pyridine rings is 1. The first-order chi connectivity index (χ1) is 15.2. The van der Waals surface area contributed by atoms with E-state index in [-0.39, 0.29) is 33.7 Å². The molecule has 0 unspecified atom stereocenters. The molecule has 4 rings (SSSR count). The van der Waals surface area contributed by atoms with Crippen molar-refractivity contribution >= 4 is 17.5 Å². The van der Waals surface area contributed by atoms with Gasteiger partial charge < -0.3 is 19.5 Å². The fraction of sp³-hybridized carbons (Fsp3) is 0.217. The van der Waals surface area contributed by atoms with Crippen LogP contribution in [-0.2, 0) is 6.42 Å². The van der Waals surface area contributed by atoms with Gasteiger partial charge in [0.15, 0.2) is 17.2 Å². The van der Waals surface area contributed by atoms with E-state index in [1.54, 1.807) is 0 Å². The Kier molecular flexibility index (Phi) is 5.88. The molecule has 0 aliphatic carbocycles. The molecule has 0 bridgehead atoms. The largest absolute Gasteiger partial charge is 0.586 e. The Hall–Kier alpha value is -3.39. The van der Waals surface area contributed by atoms with Crippen molar-refractivity contribution in [3.63, 3.8) is 0 Å². The predicted octanol–water partition coefficient (Wildman–Crippen LogP) is 5.44. The van der Waals surface area contributed by atoms with Crippen molar-refractivity contribution in [2.24, 2.45) is 0 Å². The van der Waals surface area contributed by atoms with Crippen LogP contribution in [0, 0.1) is 13.8 Å². The number of ether oxygens (including phenoxy) is 3. The van der Waals surface area contributed by atoms with Gasteiger partial charge in [-0.25, -0.2) is 4.98 Å². The van der Waals surface area contributed by atoms with Crippen LogP contribution >= 0.6 is 11.6 Å². The molecule has 1 N–H and O–H groups in total. The molecule has 166 valence electrons. The molecule has 3 aromatic rings. The Morgan fingerprint density at radius 3 is 2.69 bits per heavy atom. The third-order valence-corrected chi connectivity index (χ3v) is 5.06. The number of hydrogen-bond acceptors (Lipinski definition) is 5. The zero-order valence-electron chi connectivity index (χ0n) is 17.2. The van der Waals surface area contributed by atoms with Gasteiger partial charge >= 0.3 is 6.29 Å². The number of fused-ring (bicyclic) bond motifs is 1. The number of halogens is 3. The number of aryl methyl sites for hydroxylation is 2. The van der Waals surface area contributed by atoms with Crippen molar-refractivity contribution in [2.75, 3.05) is 6.54 Å². The number of alkyl halides is 2. The fourth-order valence-electron chi connectivity index (χ4n) is 3.33. The lowest BCUT2D eigenvalue weighted by atomic mass is 10.0. The maximum Gasteiger partial charge on any atom is 0.586 e. The zero-order chi connectivity index (χ0) is 22.9. The molecule has 0 saturated heterocycles. The third kappa shape index (κ3) is 4.91. The first-order valence-corrected chi connectivity index (χ1v) is 10.2. The van der Waals surface area contributed by atoms with Gasteiger partial charge in [-0.1, -0.05) is 35.4 Å². The zero-order valence-corrected chi connectivity index (χ0v) is 18.0. The number of benzene rings is 2. The van der Waals surface area contributed by atoms with Gasteiger partial charge in [-0.15, -0.1) is 8.78 Å². The van der Waals surface area contributed by atoms with Crippen molar-refractivity contribution in [3.8, 4) is 23.0 Å². The highest BCUT2D eigenvalue weighted by atomic mass is 35.5. The smallest absolute Gasteiger partial charge is 0.455 e. The van der Waals surface area contributed by atoms with E-state index in [0.717, 1.165) is 11.1 Å². The van der Waals surface area contributed by atoms with Gasteiger partial charge in [-0.3, -0.25) is 4.79 Å². The molecule has 0 fully saturated rings. The van der Waals surface area contributed by atoms with Gasteiger partial charge in [0.2, 0.25) is 0 Å². The van der Waals surface area contributed by atoms with Crippen LogP contribution in [0.15, 0.2) is 48.7 Å². The van der Waals surface area contributed by atoms with Gasteiger partial charge in [0.05, 0.1) is 11.8 Å². The first kappa shape index (κ1) is 21.8. The third-order valence-electron chi connectivity index (χ3n) is 4.86. The molecule has 2 aromatic carbocycles. The summed E-state index contributed by atoms with van der Waals surface area (Å²) in [7, 11) is 0. The topological polar surface area (TPSA) is 69.7 Å². The average Bonchev–Trinajstić information content (AvgIpc) is 3.04. The summed E-state index contributed by atoms with van der Waals surface area (Å²) in [6, 6.07) is 11.5. The molecule has 0 spiro atoms. The quantitative estimate of drug-likeness (QED) is 0.496. The molecular weight excluding hydrogens is 442 g/mol. The molecule has 0 radical (unpaired) electrons. The van der Waals surface area contributed by atoms with Crippen molar-refractivity contribution in [1.82, 2.24) is 10.3 Å². The summed E-state index contributed by atoms with van der Waals surface area (Å²) in [5.74, 6) is -0.404. The Balaban J connectivity index is 1.47. The number of aromatic nitrogens is 1. The van der Waals surface area contributed by atoms with Gasteiger partial charge in [0.25, 0.3) is 5.91 Å². The minimum atomic E-state index is -3.73. The summed E-state index contributed by atoms with van der Waals surface area (Å²) in [6.45, 7) is 4.46. The number of carbonyl (C=O) groups is 1. The van der Waals surface area contributed by atoms with E-state index in [2.05, 4.69) is 25.8 Å². The Labute approximate surface area is 188 Å².